The highest BCUT2D eigenvalue weighted by Crippen LogP contribution is 2.38. The second-order valence-electron chi connectivity index (χ2n) is 10.9. The third-order valence-corrected chi connectivity index (χ3v) is 16.2. The molecule has 0 radical (unpaired) electrons. The van der Waals surface area contributed by atoms with E-state index in [1.54, 1.807) is 0 Å². The van der Waals surface area contributed by atoms with E-state index < -0.39 is 22.7 Å². The van der Waals surface area contributed by atoms with Crippen LogP contribution in [0.25, 0.3) is 0 Å². The molecule has 1 atom stereocenters. The van der Waals surface area contributed by atoms with Gasteiger partial charge < -0.3 is 13.6 Å². The molecule has 170 valence electrons. The predicted molar refractivity (Wildman–Crippen MR) is 136 cm³/mol. The van der Waals surface area contributed by atoms with Crippen LogP contribution in [0.2, 0.25) is 23.2 Å². The van der Waals surface area contributed by atoms with Crippen LogP contribution in [0.4, 0.5) is 0 Å². The molecule has 0 saturated carbocycles. The second kappa shape index (κ2) is 9.94. The average molecular weight is 457 g/mol. The summed E-state index contributed by atoms with van der Waals surface area (Å²) >= 11 is 0. The Morgan fingerprint density at radius 2 is 1.26 bits per heavy atom. The summed E-state index contributed by atoms with van der Waals surface area (Å²) in [7, 11) is -4.61. The molecule has 0 aliphatic heterocycles. The van der Waals surface area contributed by atoms with Crippen molar-refractivity contribution < 1.29 is 13.6 Å². The number of benzene rings is 2. The van der Waals surface area contributed by atoms with Crippen LogP contribution >= 0.6 is 0 Å². The van der Waals surface area contributed by atoms with E-state index in [0.717, 1.165) is 6.29 Å². The zero-order chi connectivity index (χ0) is 23.3. The molecule has 0 N–H and O–H groups in total. The van der Waals surface area contributed by atoms with Gasteiger partial charge in [-0.25, -0.2) is 0 Å². The maximum absolute atomic E-state index is 12.2. The fraction of sp³-hybridized carbons (Fsp3) is 0.500. The van der Waals surface area contributed by atoms with Crippen LogP contribution in [-0.2, 0) is 13.6 Å². The molecule has 2 rings (SSSR count). The lowest BCUT2D eigenvalue weighted by atomic mass is 10.2. The van der Waals surface area contributed by atoms with Gasteiger partial charge in [0.1, 0.15) is 12.4 Å². The summed E-state index contributed by atoms with van der Waals surface area (Å²) in [5.74, 6) is 0. The number of rotatable bonds is 9. The molecule has 31 heavy (non-hydrogen) atoms. The van der Waals surface area contributed by atoms with E-state index in [2.05, 4.69) is 103 Å². The van der Waals surface area contributed by atoms with Gasteiger partial charge >= 0.3 is 0 Å². The van der Waals surface area contributed by atoms with Crippen LogP contribution in [0.5, 0.6) is 0 Å². The molecule has 0 aliphatic rings. The number of hydrogen-bond acceptors (Lipinski definition) is 3. The summed E-state index contributed by atoms with van der Waals surface area (Å²) in [4.78, 5) is 12.2. The van der Waals surface area contributed by atoms with Crippen molar-refractivity contribution in [3.05, 3.63) is 60.7 Å². The molecule has 0 aromatic heterocycles. The molecule has 0 unspecified atom stereocenters. The molecule has 0 fully saturated rings. The third-order valence-electron chi connectivity index (χ3n) is 6.57. The lowest BCUT2D eigenvalue weighted by Gasteiger charge is -2.44. The largest absolute Gasteiger partial charge is 0.417 e. The monoisotopic (exact) mass is 456 g/mol. The number of carbonyl (C=O) groups is 1. The summed E-state index contributed by atoms with van der Waals surface area (Å²) in [5.41, 5.74) is 0. The van der Waals surface area contributed by atoms with Crippen molar-refractivity contribution in [3.8, 4) is 0 Å². The summed E-state index contributed by atoms with van der Waals surface area (Å²) in [6.07, 6.45) is 1.03. The summed E-state index contributed by atoms with van der Waals surface area (Å²) in [6.45, 7) is 18.4. The van der Waals surface area contributed by atoms with Crippen molar-refractivity contribution in [1.82, 2.24) is 0 Å². The molecule has 0 spiro atoms. The van der Waals surface area contributed by atoms with Crippen LogP contribution in [0.1, 0.15) is 48.0 Å². The van der Waals surface area contributed by atoms with Crippen LogP contribution in [-0.4, -0.2) is 35.6 Å². The highest BCUT2D eigenvalue weighted by Gasteiger charge is 2.51. The third kappa shape index (κ3) is 5.83. The van der Waals surface area contributed by atoms with Gasteiger partial charge in [-0.3, -0.25) is 0 Å². The number of aldehydes is 1. The zero-order valence-electron chi connectivity index (χ0n) is 20.6. The van der Waals surface area contributed by atoms with Crippen molar-refractivity contribution >= 4 is 33.3 Å². The topological polar surface area (TPSA) is 35.5 Å². The van der Waals surface area contributed by atoms with Gasteiger partial charge in [-0.05, 0) is 33.5 Å². The smallest absolute Gasteiger partial charge is 0.262 e. The highest BCUT2D eigenvalue weighted by atomic mass is 28.4. The van der Waals surface area contributed by atoms with Gasteiger partial charge in [0.05, 0.1) is 0 Å². The van der Waals surface area contributed by atoms with Gasteiger partial charge in [0.2, 0.25) is 0 Å². The van der Waals surface area contributed by atoms with Crippen molar-refractivity contribution in [2.75, 3.05) is 6.61 Å². The maximum atomic E-state index is 12.2. The zero-order valence-corrected chi connectivity index (χ0v) is 22.6. The minimum Gasteiger partial charge on any atom is -0.417 e. The van der Waals surface area contributed by atoms with Gasteiger partial charge in [-0.2, -0.15) is 0 Å². The minimum atomic E-state index is -2.74. The van der Waals surface area contributed by atoms with Crippen molar-refractivity contribution in [2.45, 2.75) is 77.2 Å². The van der Waals surface area contributed by atoms with Gasteiger partial charge in [-0.1, -0.05) is 102 Å². The van der Waals surface area contributed by atoms with E-state index in [0.29, 0.717) is 13.0 Å². The first-order valence-corrected chi connectivity index (χ1v) is 16.0. The van der Waals surface area contributed by atoms with Crippen molar-refractivity contribution in [3.63, 3.8) is 0 Å². The Hall–Kier alpha value is -1.54. The normalized spacial score (nSPS) is 14.3. The summed E-state index contributed by atoms with van der Waals surface area (Å²) < 4.78 is 13.3. The molecule has 2 aromatic rings. The first-order chi connectivity index (χ1) is 14.3. The van der Waals surface area contributed by atoms with Crippen LogP contribution in [0.15, 0.2) is 60.7 Å². The Morgan fingerprint density at radius 1 is 0.806 bits per heavy atom. The minimum absolute atomic E-state index is 0.141. The van der Waals surface area contributed by atoms with Crippen molar-refractivity contribution in [2.24, 2.45) is 0 Å². The van der Waals surface area contributed by atoms with Gasteiger partial charge in [-0.15, -0.1) is 0 Å². The van der Waals surface area contributed by atoms with E-state index in [-0.39, 0.29) is 10.1 Å². The summed E-state index contributed by atoms with van der Waals surface area (Å²) in [5, 5.41) is 2.36. The van der Waals surface area contributed by atoms with E-state index >= 15 is 0 Å². The predicted octanol–water partition coefficient (Wildman–Crippen LogP) is 5.54. The molecular weight excluding hydrogens is 416 g/mol. The number of hydrogen-bond donors (Lipinski definition) is 0. The quantitative estimate of drug-likeness (QED) is 0.367. The fourth-order valence-electron chi connectivity index (χ4n) is 3.72. The molecule has 0 heterocycles. The molecule has 0 amide bonds. The van der Waals surface area contributed by atoms with E-state index in [4.69, 9.17) is 8.85 Å². The molecule has 0 bridgehead atoms. The van der Waals surface area contributed by atoms with Crippen molar-refractivity contribution in [1.29, 1.82) is 0 Å². The SMILES string of the molecule is CC(C)(C)[Si](C)(C)OCC[C@@H](C=O)O[Si](c1ccccc1)(c1ccccc1)C(C)(C)C. The maximum Gasteiger partial charge on any atom is 0.262 e. The Kier molecular flexibility index (Phi) is 8.25. The lowest BCUT2D eigenvalue weighted by Crippen LogP contribution is -2.68. The Bertz CT molecular complexity index is 782. The van der Waals surface area contributed by atoms with Crippen LogP contribution in [0.3, 0.4) is 0 Å². The van der Waals surface area contributed by atoms with Gasteiger partial charge in [0.15, 0.2) is 8.32 Å². The average Bonchev–Trinajstić information content (AvgIpc) is 2.70. The Balaban J connectivity index is 2.40. The molecule has 3 nitrogen and oxygen atoms in total. The standard InChI is InChI=1S/C26H40O3Si2/c1-25(2,3)30(7,8)28-20-19-22(21-27)29-31(26(4,5)6,23-15-11-9-12-16-23)24-17-13-10-14-18-24/h9-18,21-22H,19-20H2,1-8H3/t22-/m0/s1. The molecule has 0 saturated heterocycles. The second-order valence-corrected chi connectivity index (χ2v) is 19.9. The first-order valence-electron chi connectivity index (χ1n) is 11.2. The highest BCUT2D eigenvalue weighted by molar-refractivity contribution is 6.99. The Labute approximate surface area is 191 Å². The van der Waals surface area contributed by atoms with Gasteiger partial charge in [0, 0.05) is 13.0 Å². The molecule has 5 heteroatoms. The molecule has 0 aliphatic carbocycles. The molecular formula is C26H40O3Si2. The van der Waals surface area contributed by atoms with E-state index in [1.165, 1.54) is 10.4 Å². The fourth-order valence-corrected chi connectivity index (χ4v) is 9.42. The van der Waals surface area contributed by atoms with E-state index in [9.17, 15) is 4.79 Å². The van der Waals surface area contributed by atoms with Crippen LogP contribution < -0.4 is 10.4 Å². The van der Waals surface area contributed by atoms with E-state index in [1.807, 2.05) is 12.1 Å². The number of carbonyl (C=O) groups excluding carboxylic acids is 1. The molecule has 2 aromatic carbocycles. The van der Waals surface area contributed by atoms with Gasteiger partial charge in [0.25, 0.3) is 8.32 Å². The summed E-state index contributed by atoms with van der Waals surface area (Å²) in [6, 6.07) is 20.9. The lowest BCUT2D eigenvalue weighted by molar-refractivity contribution is -0.114. The Morgan fingerprint density at radius 3 is 1.61 bits per heavy atom. The first kappa shape index (κ1) is 25.7. The van der Waals surface area contributed by atoms with Crippen LogP contribution in [0, 0.1) is 0 Å².